The number of halogens is 1. The van der Waals surface area contributed by atoms with Gasteiger partial charge in [-0.25, -0.2) is 9.37 Å². The molecule has 1 aromatic carbocycles. The molecule has 1 saturated heterocycles. The van der Waals surface area contributed by atoms with Crippen molar-refractivity contribution in [3.63, 3.8) is 0 Å². The average Bonchev–Trinajstić information content (AvgIpc) is 3.61. The van der Waals surface area contributed by atoms with Gasteiger partial charge in [-0.3, -0.25) is 15.1 Å². The smallest absolute Gasteiger partial charge is 0.138 e. The number of benzene rings is 1. The third-order valence-corrected chi connectivity index (χ3v) is 7.22. The number of piperidine rings is 1. The molecule has 0 aliphatic carbocycles. The number of hydrogen-bond acceptors (Lipinski definition) is 7. The lowest BCUT2D eigenvalue weighted by Gasteiger charge is -2.23. The van der Waals surface area contributed by atoms with E-state index in [0.717, 1.165) is 76.1 Å². The molecule has 9 nitrogen and oxygen atoms in total. The first kappa shape index (κ1) is 24.2. The minimum Gasteiger partial charge on any atom is -0.497 e. The Kier molecular flexibility index (Phi) is 6.09. The maximum Gasteiger partial charge on any atom is 0.138 e. The lowest BCUT2D eigenvalue weighted by Crippen LogP contribution is -2.34. The van der Waals surface area contributed by atoms with E-state index in [2.05, 4.69) is 30.5 Å². The first-order chi connectivity index (χ1) is 19.6. The maximum absolute atomic E-state index is 14.3. The molecule has 10 heteroatoms. The number of aromatic nitrogens is 6. The Balaban J connectivity index is 1.26. The van der Waals surface area contributed by atoms with Crippen molar-refractivity contribution >= 4 is 21.9 Å². The van der Waals surface area contributed by atoms with Crippen LogP contribution < -0.4 is 14.8 Å². The van der Waals surface area contributed by atoms with Crippen LogP contribution in [0.2, 0.25) is 0 Å². The van der Waals surface area contributed by atoms with Crippen LogP contribution in [0.15, 0.2) is 67.3 Å². The molecule has 6 aromatic rings. The molecule has 0 bridgehead atoms. The van der Waals surface area contributed by atoms with Gasteiger partial charge in [-0.15, -0.1) is 0 Å². The molecule has 40 heavy (non-hydrogen) atoms. The highest BCUT2D eigenvalue weighted by atomic mass is 19.1. The molecule has 0 radical (unpaired) electrons. The fraction of sp³-hybridized carbons (Fsp3) is 0.200. The molecule has 1 aliphatic heterocycles. The fourth-order valence-corrected chi connectivity index (χ4v) is 5.22. The van der Waals surface area contributed by atoms with Crippen LogP contribution in [-0.2, 0) is 0 Å². The van der Waals surface area contributed by atoms with Crippen molar-refractivity contribution in [2.75, 3.05) is 20.2 Å². The van der Waals surface area contributed by atoms with Crippen molar-refractivity contribution in [2.45, 2.75) is 18.9 Å². The normalized spacial score (nSPS) is 14.2. The maximum atomic E-state index is 14.3. The lowest BCUT2D eigenvalue weighted by molar-refractivity contribution is 0.162. The van der Waals surface area contributed by atoms with Crippen LogP contribution in [0.1, 0.15) is 12.8 Å². The zero-order valence-electron chi connectivity index (χ0n) is 21.7. The lowest BCUT2D eigenvalue weighted by atomic mass is 10.0. The predicted octanol–water partition coefficient (Wildman–Crippen LogP) is 5.51. The van der Waals surface area contributed by atoms with Gasteiger partial charge >= 0.3 is 0 Å². The Morgan fingerprint density at radius 1 is 0.875 bits per heavy atom. The van der Waals surface area contributed by atoms with E-state index in [1.54, 1.807) is 30.9 Å². The van der Waals surface area contributed by atoms with Crippen LogP contribution in [0.3, 0.4) is 0 Å². The van der Waals surface area contributed by atoms with Crippen molar-refractivity contribution < 1.29 is 13.9 Å². The van der Waals surface area contributed by atoms with E-state index in [9.17, 15) is 4.39 Å². The zero-order valence-corrected chi connectivity index (χ0v) is 21.7. The van der Waals surface area contributed by atoms with E-state index in [1.165, 1.54) is 19.2 Å². The molecule has 7 rings (SSSR count). The van der Waals surface area contributed by atoms with Gasteiger partial charge in [-0.05, 0) is 67.9 Å². The van der Waals surface area contributed by atoms with Crippen LogP contribution in [0.5, 0.6) is 11.5 Å². The van der Waals surface area contributed by atoms with Gasteiger partial charge in [-0.2, -0.15) is 5.10 Å². The summed E-state index contributed by atoms with van der Waals surface area (Å²) in [4.78, 5) is 17.1. The highest BCUT2D eigenvalue weighted by molar-refractivity contribution is 6.00. The van der Waals surface area contributed by atoms with Gasteiger partial charge in [0.25, 0.3) is 0 Å². The number of nitrogens with zero attached hydrogens (tertiary/aromatic N) is 4. The molecule has 200 valence electrons. The third kappa shape index (κ3) is 4.52. The van der Waals surface area contributed by atoms with Crippen LogP contribution in [-0.4, -0.2) is 56.4 Å². The Labute approximate surface area is 228 Å². The third-order valence-electron chi connectivity index (χ3n) is 7.22. The van der Waals surface area contributed by atoms with Crippen LogP contribution >= 0.6 is 0 Å². The van der Waals surface area contributed by atoms with Crippen molar-refractivity contribution in [3.05, 3.63) is 73.1 Å². The number of fused-ring (bicyclic) bond motifs is 2. The van der Waals surface area contributed by atoms with Gasteiger partial charge < -0.3 is 19.8 Å². The monoisotopic (exact) mass is 535 g/mol. The predicted molar refractivity (Wildman–Crippen MR) is 151 cm³/mol. The standard InChI is InChI=1S/C30H26FN7O2/c1-39-21-9-17(8-19(31)11-21)24-15-34-16-28-23(24)12-27(35-28)30-29-26(37-38-30)3-2-25(36-29)18-10-22(14-33-13-18)40-20-4-6-32-7-5-20/h2-3,8-16,20,32,35H,4-7H2,1H3,(H,37,38). The zero-order chi connectivity index (χ0) is 27.1. The Bertz CT molecular complexity index is 1840. The molecule has 1 aliphatic rings. The second-order valence-electron chi connectivity index (χ2n) is 9.85. The largest absolute Gasteiger partial charge is 0.497 e. The van der Waals surface area contributed by atoms with E-state index >= 15 is 0 Å². The van der Waals surface area contributed by atoms with Crippen LogP contribution in [0, 0.1) is 5.82 Å². The molecule has 0 amide bonds. The van der Waals surface area contributed by atoms with E-state index in [1.807, 2.05) is 24.3 Å². The first-order valence-corrected chi connectivity index (χ1v) is 13.1. The molecule has 3 N–H and O–H groups in total. The van der Waals surface area contributed by atoms with Gasteiger partial charge in [0.2, 0.25) is 0 Å². The number of nitrogens with one attached hydrogen (secondary N) is 3. The number of H-pyrrole nitrogens is 2. The molecule has 1 fully saturated rings. The van der Waals surface area contributed by atoms with Crippen molar-refractivity contribution in [1.82, 2.24) is 35.5 Å². The van der Waals surface area contributed by atoms with Gasteiger partial charge in [0.05, 0.1) is 41.9 Å². The summed E-state index contributed by atoms with van der Waals surface area (Å²) in [5, 5.41) is 11.9. The average molecular weight is 536 g/mol. The summed E-state index contributed by atoms with van der Waals surface area (Å²) in [5.41, 5.74) is 6.85. The van der Waals surface area contributed by atoms with Gasteiger partial charge in [0.15, 0.2) is 0 Å². The minimum absolute atomic E-state index is 0.184. The number of ether oxygens (including phenoxy) is 2. The Morgan fingerprint density at radius 2 is 1.73 bits per heavy atom. The Hall–Kier alpha value is -4.83. The number of aromatic amines is 2. The molecule has 0 unspecified atom stereocenters. The molecule has 0 spiro atoms. The summed E-state index contributed by atoms with van der Waals surface area (Å²) in [5.74, 6) is 0.803. The highest BCUT2D eigenvalue weighted by Gasteiger charge is 2.18. The quantitative estimate of drug-likeness (QED) is 0.258. The number of pyridine rings is 3. The number of hydrogen-bond donors (Lipinski definition) is 3. The van der Waals surface area contributed by atoms with E-state index in [-0.39, 0.29) is 11.9 Å². The summed E-state index contributed by atoms with van der Waals surface area (Å²) >= 11 is 0. The highest BCUT2D eigenvalue weighted by Crippen LogP contribution is 2.35. The fourth-order valence-electron chi connectivity index (χ4n) is 5.22. The second-order valence-corrected chi connectivity index (χ2v) is 9.85. The molecular formula is C30H26FN7O2. The Morgan fingerprint density at radius 3 is 2.60 bits per heavy atom. The molecule has 0 saturated carbocycles. The molecule has 6 heterocycles. The molecule has 5 aromatic heterocycles. The first-order valence-electron chi connectivity index (χ1n) is 13.1. The van der Waals surface area contributed by atoms with E-state index in [0.29, 0.717) is 17.0 Å². The number of methoxy groups -OCH3 is 1. The molecule has 0 atom stereocenters. The number of rotatable bonds is 6. The summed E-state index contributed by atoms with van der Waals surface area (Å²) in [6.45, 7) is 1.92. The van der Waals surface area contributed by atoms with Gasteiger partial charge in [-0.1, -0.05) is 0 Å². The molecular weight excluding hydrogens is 509 g/mol. The van der Waals surface area contributed by atoms with Gasteiger partial charge in [0.1, 0.15) is 34.6 Å². The summed E-state index contributed by atoms with van der Waals surface area (Å²) in [6, 6.07) is 12.5. The minimum atomic E-state index is -0.378. The topological polar surface area (TPSA) is 114 Å². The second kappa shape index (κ2) is 10.0. The summed E-state index contributed by atoms with van der Waals surface area (Å²) in [7, 11) is 1.52. The van der Waals surface area contributed by atoms with Crippen molar-refractivity contribution in [2.24, 2.45) is 0 Å². The SMILES string of the molecule is COc1cc(F)cc(-c2cncc3[nH]c(-c4n[nH]c5ccc(-c6cncc(OC7CCNCC7)c6)nc45)cc23)c1. The summed E-state index contributed by atoms with van der Waals surface area (Å²) in [6.07, 6.45) is 9.13. The van der Waals surface area contributed by atoms with E-state index in [4.69, 9.17) is 14.5 Å². The van der Waals surface area contributed by atoms with Crippen molar-refractivity contribution in [1.29, 1.82) is 0 Å². The van der Waals surface area contributed by atoms with Crippen LogP contribution in [0.25, 0.3) is 55.7 Å². The summed E-state index contributed by atoms with van der Waals surface area (Å²) < 4.78 is 25.7. The van der Waals surface area contributed by atoms with Gasteiger partial charge in [0, 0.05) is 35.0 Å². The van der Waals surface area contributed by atoms with E-state index < -0.39 is 0 Å². The van der Waals surface area contributed by atoms with Crippen molar-refractivity contribution in [3.8, 4) is 45.3 Å². The van der Waals surface area contributed by atoms with Crippen LogP contribution in [0.4, 0.5) is 4.39 Å².